The molecule has 0 amide bonds. The molecule has 0 saturated carbocycles. The van der Waals surface area contributed by atoms with Crippen molar-refractivity contribution in [1.29, 1.82) is 0 Å². The van der Waals surface area contributed by atoms with Gasteiger partial charge in [-0.2, -0.15) is 0 Å². The number of phenols is 2. The predicted molar refractivity (Wildman–Crippen MR) is 49.2 cm³/mol. The number of rotatable bonds is 1. The Morgan fingerprint density at radius 3 is 2.46 bits per heavy atom. The molecule has 0 aliphatic heterocycles. The Morgan fingerprint density at radius 1 is 1.46 bits per heavy atom. The number of carbonyl (C=O) groups is 1. The van der Waals surface area contributed by atoms with Gasteiger partial charge in [0.25, 0.3) is 0 Å². The molecule has 0 fully saturated rings. The van der Waals surface area contributed by atoms with Gasteiger partial charge in [0.2, 0.25) is 0 Å². The average molecular weight is 247 g/mol. The lowest BCUT2D eigenvalue weighted by Crippen LogP contribution is -2.00. The van der Waals surface area contributed by atoms with Crippen LogP contribution in [0.4, 0.5) is 0 Å². The van der Waals surface area contributed by atoms with Crippen LogP contribution in [0, 0.1) is 6.92 Å². The Balaban J connectivity index is 3.53. The Hall–Kier alpha value is -1.23. The standard InChI is InChI=1S/C8H7BrO4/c1-3-2-4(10)6(9)7(11)5(3)8(12)13/h2,10-11H,1H3,(H,12,13). The van der Waals surface area contributed by atoms with E-state index in [1.165, 1.54) is 13.0 Å². The molecule has 0 bridgehead atoms. The van der Waals surface area contributed by atoms with Gasteiger partial charge in [0.1, 0.15) is 21.5 Å². The summed E-state index contributed by atoms with van der Waals surface area (Å²) in [4.78, 5) is 10.6. The van der Waals surface area contributed by atoms with Crippen molar-refractivity contribution in [2.24, 2.45) is 0 Å². The fourth-order valence-corrected chi connectivity index (χ4v) is 1.34. The summed E-state index contributed by atoms with van der Waals surface area (Å²) in [7, 11) is 0. The third-order valence-corrected chi connectivity index (χ3v) is 2.41. The summed E-state index contributed by atoms with van der Waals surface area (Å²) in [5.74, 6) is -1.86. The highest BCUT2D eigenvalue weighted by Gasteiger charge is 2.18. The van der Waals surface area contributed by atoms with Crippen LogP contribution < -0.4 is 0 Å². The molecule has 0 aromatic heterocycles. The number of halogens is 1. The minimum absolute atomic E-state index is 0.00417. The van der Waals surface area contributed by atoms with E-state index in [0.717, 1.165) is 0 Å². The largest absolute Gasteiger partial charge is 0.507 e. The summed E-state index contributed by atoms with van der Waals surface area (Å²) in [6.07, 6.45) is 0. The van der Waals surface area contributed by atoms with E-state index in [2.05, 4.69) is 15.9 Å². The summed E-state index contributed by atoms with van der Waals surface area (Å²) in [6.45, 7) is 1.50. The van der Waals surface area contributed by atoms with E-state index in [-0.39, 0.29) is 15.8 Å². The van der Waals surface area contributed by atoms with Crippen LogP contribution in [0.3, 0.4) is 0 Å². The molecule has 0 unspecified atom stereocenters. The van der Waals surface area contributed by atoms with Crippen LogP contribution in [0.25, 0.3) is 0 Å². The van der Waals surface area contributed by atoms with Crippen LogP contribution in [0.2, 0.25) is 0 Å². The van der Waals surface area contributed by atoms with Gasteiger partial charge in [-0.25, -0.2) is 4.79 Å². The Kier molecular flexibility index (Phi) is 2.47. The smallest absolute Gasteiger partial charge is 0.339 e. The summed E-state index contributed by atoms with van der Waals surface area (Å²) < 4.78 is -0.00417. The van der Waals surface area contributed by atoms with E-state index in [0.29, 0.717) is 5.56 Å². The van der Waals surface area contributed by atoms with Crippen molar-refractivity contribution in [3.05, 3.63) is 21.7 Å². The third-order valence-electron chi connectivity index (χ3n) is 1.63. The van der Waals surface area contributed by atoms with Gasteiger partial charge in [-0.3, -0.25) is 0 Å². The van der Waals surface area contributed by atoms with Gasteiger partial charge in [-0.05, 0) is 34.5 Å². The molecule has 0 radical (unpaired) electrons. The zero-order valence-electron chi connectivity index (χ0n) is 6.71. The predicted octanol–water partition coefficient (Wildman–Crippen LogP) is 1.87. The first-order valence-electron chi connectivity index (χ1n) is 3.39. The highest BCUT2D eigenvalue weighted by molar-refractivity contribution is 9.10. The maximum absolute atomic E-state index is 10.6. The summed E-state index contributed by atoms with van der Waals surface area (Å²) in [6, 6.07) is 1.27. The second-order valence-electron chi connectivity index (χ2n) is 2.56. The molecule has 0 aliphatic rings. The molecule has 1 aromatic carbocycles. The minimum Gasteiger partial charge on any atom is -0.507 e. The van der Waals surface area contributed by atoms with E-state index in [9.17, 15) is 15.0 Å². The fraction of sp³-hybridized carbons (Fsp3) is 0.125. The van der Waals surface area contributed by atoms with Crippen molar-refractivity contribution >= 4 is 21.9 Å². The molecule has 4 nitrogen and oxygen atoms in total. The van der Waals surface area contributed by atoms with Crippen LogP contribution in [0.1, 0.15) is 15.9 Å². The Bertz CT molecular complexity index is 373. The van der Waals surface area contributed by atoms with Crippen LogP contribution in [-0.2, 0) is 0 Å². The van der Waals surface area contributed by atoms with Crippen molar-refractivity contribution in [2.45, 2.75) is 6.92 Å². The normalized spacial score (nSPS) is 10.0. The molecular formula is C8H7BrO4. The van der Waals surface area contributed by atoms with Crippen LogP contribution in [0.15, 0.2) is 10.5 Å². The van der Waals surface area contributed by atoms with E-state index in [1.54, 1.807) is 0 Å². The van der Waals surface area contributed by atoms with Gasteiger partial charge in [0.15, 0.2) is 0 Å². The maximum atomic E-state index is 10.6. The monoisotopic (exact) mass is 246 g/mol. The zero-order valence-corrected chi connectivity index (χ0v) is 8.29. The Morgan fingerprint density at radius 2 is 2.00 bits per heavy atom. The molecule has 1 rings (SSSR count). The first-order valence-corrected chi connectivity index (χ1v) is 4.18. The number of hydrogen-bond acceptors (Lipinski definition) is 3. The van der Waals surface area contributed by atoms with E-state index >= 15 is 0 Å². The number of benzene rings is 1. The van der Waals surface area contributed by atoms with Crippen molar-refractivity contribution in [2.75, 3.05) is 0 Å². The lowest BCUT2D eigenvalue weighted by molar-refractivity contribution is 0.0693. The van der Waals surface area contributed by atoms with Gasteiger partial charge >= 0.3 is 5.97 Å². The highest BCUT2D eigenvalue weighted by Crippen LogP contribution is 2.37. The zero-order chi connectivity index (χ0) is 10.2. The molecule has 70 valence electrons. The first-order chi connectivity index (χ1) is 5.95. The number of carboxylic acids is 1. The maximum Gasteiger partial charge on any atom is 0.339 e. The molecule has 3 N–H and O–H groups in total. The minimum atomic E-state index is -1.23. The fourth-order valence-electron chi connectivity index (χ4n) is 1.03. The number of phenolic OH excluding ortho intramolecular Hbond substituents is 1. The number of aryl methyl sites for hydroxylation is 1. The molecular weight excluding hydrogens is 240 g/mol. The number of hydrogen-bond donors (Lipinski definition) is 3. The first kappa shape index (κ1) is 9.85. The Labute approximate surface area is 82.6 Å². The summed E-state index contributed by atoms with van der Waals surface area (Å²) >= 11 is 2.87. The lowest BCUT2D eigenvalue weighted by atomic mass is 10.1. The van der Waals surface area contributed by atoms with Crippen LogP contribution in [0.5, 0.6) is 11.5 Å². The molecule has 5 heteroatoms. The lowest BCUT2D eigenvalue weighted by Gasteiger charge is -2.07. The third kappa shape index (κ3) is 1.60. The highest BCUT2D eigenvalue weighted by atomic mass is 79.9. The van der Waals surface area contributed by atoms with Crippen LogP contribution >= 0.6 is 15.9 Å². The topological polar surface area (TPSA) is 77.8 Å². The molecule has 0 heterocycles. The molecule has 0 aliphatic carbocycles. The number of aromatic carboxylic acids is 1. The van der Waals surface area contributed by atoms with Crippen molar-refractivity contribution in [3.8, 4) is 11.5 Å². The van der Waals surface area contributed by atoms with Crippen LogP contribution in [-0.4, -0.2) is 21.3 Å². The van der Waals surface area contributed by atoms with E-state index in [1.807, 2.05) is 0 Å². The molecule has 1 aromatic rings. The van der Waals surface area contributed by atoms with E-state index in [4.69, 9.17) is 5.11 Å². The van der Waals surface area contributed by atoms with Crippen molar-refractivity contribution < 1.29 is 20.1 Å². The van der Waals surface area contributed by atoms with Gasteiger partial charge in [-0.1, -0.05) is 0 Å². The number of aromatic hydroxyl groups is 2. The van der Waals surface area contributed by atoms with Gasteiger partial charge in [-0.15, -0.1) is 0 Å². The second-order valence-corrected chi connectivity index (χ2v) is 3.35. The number of carboxylic acid groups (broad SMARTS) is 1. The summed E-state index contributed by atoms with van der Waals surface area (Å²) in [5, 5.41) is 27.2. The van der Waals surface area contributed by atoms with Gasteiger partial charge in [0, 0.05) is 0 Å². The average Bonchev–Trinajstić information content (AvgIpc) is 1.99. The van der Waals surface area contributed by atoms with Gasteiger partial charge < -0.3 is 15.3 Å². The molecule has 0 spiro atoms. The SMILES string of the molecule is Cc1cc(O)c(Br)c(O)c1C(=O)O. The van der Waals surface area contributed by atoms with Gasteiger partial charge in [0.05, 0.1) is 0 Å². The van der Waals surface area contributed by atoms with Crippen molar-refractivity contribution in [3.63, 3.8) is 0 Å². The summed E-state index contributed by atoms with van der Waals surface area (Å²) in [5.41, 5.74) is 0.107. The molecule has 0 atom stereocenters. The molecule has 0 saturated heterocycles. The van der Waals surface area contributed by atoms with Crippen molar-refractivity contribution in [1.82, 2.24) is 0 Å². The second kappa shape index (κ2) is 3.26. The van der Waals surface area contributed by atoms with E-state index < -0.39 is 11.7 Å². The molecule has 13 heavy (non-hydrogen) atoms. The quantitative estimate of drug-likeness (QED) is 0.707.